The van der Waals surface area contributed by atoms with E-state index in [1.165, 1.54) is 51.5 Å². The lowest BCUT2D eigenvalue weighted by Gasteiger charge is -2.08. The molecular formula is C13H25N. The van der Waals surface area contributed by atoms with Crippen molar-refractivity contribution in [2.24, 2.45) is 0 Å². The SMILES string of the molecule is C#CCCCCCCCCCN(C)C. The van der Waals surface area contributed by atoms with Crippen LogP contribution in [0.4, 0.5) is 0 Å². The monoisotopic (exact) mass is 195 g/mol. The fourth-order valence-electron chi connectivity index (χ4n) is 1.54. The molecule has 0 aromatic carbocycles. The normalized spacial score (nSPS) is 10.4. The quantitative estimate of drug-likeness (QED) is 0.403. The predicted molar refractivity (Wildman–Crippen MR) is 64.3 cm³/mol. The molecule has 0 heterocycles. The van der Waals surface area contributed by atoms with Gasteiger partial charge in [-0.25, -0.2) is 0 Å². The minimum Gasteiger partial charge on any atom is -0.309 e. The Bertz CT molecular complexity index is 144. The van der Waals surface area contributed by atoms with Crippen LogP contribution in [0.15, 0.2) is 0 Å². The van der Waals surface area contributed by atoms with Crippen LogP contribution in [-0.2, 0) is 0 Å². The molecule has 14 heavy (non-hydrogen) atoms. The van der Waals surface area contributed by atoms with Crippen molar-refractivity contribution in [3.05, 3.63) is 0 Å². The predicted octanol–water partition coefficient (Wildman–Crippen LogP) is 3.30. The van der Waals surface area contributed by atoms with Gasteiger partial charge in [0.2, 0.25) is 0 Å². The van der Waals surface area contributed by atoms with Crippen LogP contribution in [0, 0.1) is 12.3 Å². The number of hydrogen-bond donors (Lipinski definition) is 0. The van der Waals surface area contributed by atoms with Gasteiger partial charge in [-0.15, -0.1) is 12.3 Å². The van der Waals surface area contributed by atoms with Gasteiger partial charge < -0.3 is 4.90 Å². The van der Waals surface area contributed by atoms with Gasteiger partial charge in [-0.1, -0.05) is 32.1 Å². The lowest BCUT2D eigenvalue weighted by Crippen LogP contribution is -2.12. The second kappa shape index (κ2) is 10.6. The van der Waals surface area contributed by atoms with E-state index < -0.39 is 0 Å². The van der Waals surface area contributed by atoms with Crippen molar-refractivity contribution >= 4 is 0 Å². The summed E-state index contributed by atoms with van der Waals surface area (Å²) in [6.07, 6.45) is 15.5. The Hall–Kier alpha value is -0.480. The maximum absolute atomic E-state index is 5.18. The number of terminal acetylenes is 1. The molecule has 0 spiro atoms. The number of nitrogens with zero attached hydrogens (tertiary/aromatic N) is 1. The Balaban J connectivity index is 2.89. The summed E-state index contributed by atoms with van der Waals surface area (Å²) in [6.45, 7) is 1.23. The summed E-state index contributed by atoms with van der Waals surface area (Å²) in [4.78, 5) is 2.26. The van der Waals surface area contributed by atoms with Crippen molar-refractivity contribution in [1.82, 2.24) is 4.90 Å². The summed E-state index contributed by atoms with van der Waals surface area (Å²) in [5.41, 5.74) is 0. The van der Waals surface area contributed by atoms with E-state index >= 15 is 0 Å². The van der Waals surface area contributed by atoms with Gasteiger partial charge in [0.1, 0.15) is 0 Å². The van der Waals surface area contributed by atoms with Gasteiger partial charge in [0.05, 0.1) is 0 Å². The Morgan fingerprint density at radius 1 is 0.857 bits per heavy atom. The molecule has 0 radical (unpaired) electrons. The number of hydrogen-bond acceptors (Lipinski definition) is 1. The Morgan fingerprint density at radius 2 is 1.36 bits per heavy atom. The summed E-state index contributed by atoms with van der Waals surface area (Å²) in [7, 11) is 4.28. The molecule has 0 rings (SSSR count). The molecule has 0 N–H and O–H groups in total. The third-order valence-corrected chi connectivity index (χ3v) is 2.43. The summed E-state index contributed by atoms with van der Waals surface area (Å²) in [5.74, 6) is 2.69. The van der Waals surface area contributed by atoms with Crippen molar-refractivity contribution in [1.29, 1.82) is 0 Å². The highest BCUT2D eigenvalue weighted by Crippen LogP contribution is 2.08. The van der Waals surface area contributed by atoms with Crippen LogP contribution in [0.25, 0.3) is 0 Å². The van der Waals surface area contributed by atoms with Crippen LogP contribution in [0.2, 0.25) is 0 Å². The lowest BCUT2D eigenvalue weighted by atomic mass is 10.1. The average Bonchev–Trinajstić information content (AvgIpc) is 2.15. The van der Waals surface area contributed by atoms with Crippen molar-refractivity contribution < 1.29 is 0 Å². The zero-order chi connectivity index (χ0) is 10.6. The molecule has 82 valence electrons. The lowest BCUT2D eigenvalue weighted by molar-refractivity contribution is 0.389. The van der Waals surface area contributed by atoms with Crippen molar-refractivity contribution in [3.63, 3.8) is 0 Å². The minimum atomic E-state index is 0.959. The van der Waals surface area contributed by atoms with Crippen LogP contribution < -0.4 is 0 Å². The molecule has 0 aliphatic carbocycles. The van der Waals surface area contributed by atoms with Crippen molar-refractivity contribution in [2.75, 3.05) is 20.6 Å². The van der Waals surface area contributed by atoms with Crippen LogP contribution in [0.3, 0.4) is 0 Å². The van der Waals surface area contributed by atoms with E-state index in [-0.39, 0.29) is 0 Å². The zero-order valence-corrected chi connectivity index (χ0v) is 9.89. The first-order valence-electron chi connectivity index (χ1n) is 5.85. The van der Waals surface area contributed by atoms with E-state index in [0.29, 0.717) is 0 Å². The van der Waals surface area contributed by atoms with E-state index in [2.05, 4.69) is 24.9 Å². The zero-order valence-electron chi connectivity index (χ0n) is 9.89. The second-order valence-corrected chi connectivity index (χ2v) is 4.23. The smallest absolute Gasteiger partial charge is 0.00860 e. The van der Waals surface area contributed by atoms with E-state index in [1.54, 1.807) is 0 Å². The molecule has 0 bridgehead atoms. The molecular weight excluding hydrogens is 170 g/mol. The highest BCUT2D eigenvalue weighted by molar-refractivity contribution is 4.82. The minimum absolute atomic E-state index is 0.959. The maximum Gasteiger partial charge on any atom is 0.00860 e. The average molecular weight is 195 g/mol. The van der Waals surface area contributed by atoms with Crippen LogP contribution in [0.1, 0.15) is 51.4 Å². The molecule has 0 fully saturated rings. The molecule has 0 saturated carbocycles. The molecule has 0 aromatic rings. The summed E-state index contributed by atoms with van der Waals surface area (Å²) >= 11 is 0. The Morgan fingerprint density at radius 3 is 1.86 bits per heavy atom. The second-order valence-electron chi connectivity index (χ2n) is 4.23. The highest BCUT2D eigenvalue weighted by Gasteiger charge is 1.92. The molecule has 0 aliphatic heterocycles. The Kier molecular flexibility index (Phi) is 10.2. The third kappa shape index (κ3) is 11.5. The van der Waals surface area contributed by atoms with E-state index in [0.717, 1.165) is 6.42 Å². The van der Waals surface area contributed by atoms with E-state index in [4.69, 9.17) is 6.42 Å². The molecule has 0 aromatic heterocycles. The summed E-state index contributed by atoms with van der Waals surface area (Å²) in [5, 5.41) is 0. The van der Waals surface area contributed by atoms with Crippen LogP contribution >= 0.6 is 0 Å². The molecule has 0 amide bonds. The van der Waals surface area contributed by atoms with Gasteiger partial charge in [0.15, 0.2) is 0 Å². The topological polar surface area (TPSA) is 3.24 Å². The largest absolute Gasteiger partial charge is 0.309 e. The van der Waals surface area contributed by atoms with Crippen molar-refractivity contribution in [2.45, 2.75) is 51.4 Å². The van der Waals surface area contributed by atoms with Gasteiger partial charge in [-0.3, -0.25) is 0 Å². The molecule has 1 heteroatoms. The van der Waals surface area contributed by atoms with E-state index in [1.807, 2.05) is 0 Å². The number of rotatable bonds is 9. The Labute approximate surface area is 89.9 Å². The van der Waals surface area contributed by atoms with Crippen LogP contribution in [-0.4, -0.2) is 25.5 Å². The third-order valence-electron chi connectivity index (χ3n) is 2.43. The maximum atomic E-state index is 5.18. The van der Waals surface area contributed by atoms with Gasteiger partial charge in [-0.2, -0.15) is 0 Å². The van der Waals surface area contributed by atoms with Crippen LogP contribution in [0.5, 0.6) is 0 Å². The molecule has 0 unspecified atom stereocenters. The fraction of sp³-hybridized carbons (Fsp3) is 0.846. The summed E-state index contributed by atoms with van der Waals surface area (Å²) in [6, 6.07) is 0. The standard InChI is InChI=1S/C13H25N/c1-4-5-6-7-8-9-10-11-12-13-14(2)3/h1H,5-13H2,2-3H3. The fourth-order valence-corrected chi connectivity index (χ4v) is 1.54. The first kappa shape index (κ1) is 13.5. The van der Waals surface area contributed by atoms with Crippen molar-refractivity contribution in [3.8, 4) is 12.3 Å². The van der Waals surface area contributed by atoms with Gasteiger partial charge in [-0.05, 0) is 33.5 Å². The highest BCUT2D eigenvalue weighted by atomic mass is 15.0. The molecule has 0 atom stereocenters. The first-order chi connectivity index (χ1) is 6.77. The van der Waals surface area contributed by atoms with Gasteiger partial charge >= 0.3 is 0 Å². The molecule has 0 saturated heterocycles. The molecule has 1 nitrogen and oxygen atoms in total. The molecule has 0 aliphatic rings. The summed E-state index contributed by atoms with van der Waals surface area (Å²) < 4.78 is 0. The van der Waals surface area contributed by atoms with Gasteiger partial charge in [0, 0.05) is 6.42 Å². The first-order valence-corrected chi connectivity index (χ1v) is 5.85. The number of unbranched alkanes of at least 4 members (excludes halogenated alkanes) is 7. The van der Waals surface area contributed by atoms with E-state index in [9.17, 15) is 0 Å². The van der Waals surface area contributed by atoms with Gasteiger partial charge in [0.25, 0.3) is 0 Å².